The Morgan fingerprint density at radius 2 is 1.85 bits per heavy atom. The molecule has 34 heavy (non-hydrogen) atoms. The van der Waals surface area contributed by atoms with Crippen LogP contribution < -0.4 is 15.0 Å². The molecule has 0 saturated carbocycles. The molecule has 0 spiro atoms. The van der Waals surface area contributed by atoms with E-state index in [2.05, 4.69) is 20.4 Å². The summed E-state index contributed by atoms with van der Waals surface area (Å²) in [4.78, 5) is 31.1. The van der Waals surface area contributed by atoms with Gasteiger partial charge in [-0.05, 0) is 58.4 Å². The summed E-state index contributed by atoms with van der Waals surface area (Å²) in [5, 5.41) is 11.7. The first kappa shape index (κ1) is 25.3. The number of benzene rings is 1. The third kappa shape index (κ3) is 6.59. The van der Waals surface area contributed by atoms with Crippen molar-refractivity contribution in [3.05, 3.63) is 36.4 Å². The number of nitrogens with zero attached hydrogens (tertiary/aromatic N) is 5. The standard InChI is InChI=1S/C25H36N6O3/c1-18(2)26-25(33)31(19(3)4)17-24(32)30-13-7-12-29(14-15-30)23-11-10-22(27-28-23)20-8-6-9-21(16-20)34-5/h6,8-11,16,18-19H,7,12-15,17H2,1-5H3,(H,26,33). The first-order valence-electron chi connectivity index (χ1n) is 11.9. The maximum atomic E-state index is 13.0. The topological polar surface area (TPSA) is 90.9 Å². The van der Waals surface area contributed by atoms with Gasteiger partial charge in [-0.15, -0.1) is 10.2 Å². The molecule has 0 unspecified atom stereocenters. The maximum Gasteiger partial charge on any atom is 0.318 e. The Kier molecular flexibility index (Phi) is 8.67. The van der Waals surface area contributed by atoms with Crippen LogP contribution >= 0.6 is 0 Å². The fourth-order valence-electron chi connectivity index (χ4n) is 3.89. The molecule has 3 rings (SSSR count). The molecule has 184 valence electrons. The Morgan fingerprint density at radius 1 is 1.06 bits per heavy atom. The molecule has 0 atom stereocenters. The summed E-state index contributed by atoms with van der Waals surface area (Å²) < 4.78 is 5.29. The summed E-state index contributed by atoms with van der Waals surface area (Å²) >= 11 is 0. The highest BCUT2D eigenvalue weighted by molar-refractivity contribution is 5.84. The van der Waals surface area contributed by atoms with Crippen molar-refractivity contribution in [2.75, 3.05) is 44.7 Å². The zero-order valence-corrected chi connectivity index (χ0v) is 20.8. The van der Waals surface area contributed by atoms with Crippen LogP contribution in [-0.4, -0.2) is 83.9 Å². The maximum absolute atomic E-state index is 13.0. The Morgan fingerprint density at radius 3 is 2.50 bits per heavy atom. The molecule has 3 amide bonds. The highest BCUT2D eigenvalue weighted by atomic mass is 16.5. The lowest BCUT2D eigenvalue weighted by Gasteiger charge is -2.30. The number of ether oxygens (including phenoxy) is 1. The minimum absolute atomic E-state index is 0.0204. The lowest BCUT2D eigenvalue weighted by atomic mass is 10.1. The van der Waals surface area contributed by atoms with Crippen molar-refractivity contribution in [1.82, 2.24) is 25.3 Å². The molecule has 1 aromatic heterocycles. The van der Waals surface area contributed by atoms with Crippen LogP contribution in [-0.2, 0) is 4.79 Å². The van der Waals surface area contributed by atoms with Gasteiger partial charge in [0, 0.05) is 43.8 Å². The highest BCUT2D eigenvalue weighted by Crippen LogP contribution is 2.23. The number of carbonyl (C=O) groups is 2. The number of urea groups is 1. The van der Waals surface area contributed by atoms with Crippen LogP contribution in [0, 0.1) is 0 Å². The number of rotatable bonds is 7. The van der Waals surface area contributed by atoms with Gasteiger partial charge in [0.2, 0.25) is 5.91 Å². The largest absolute Gasteiger partial charge is 0.497 e. The Hall–Kier alpha value is -3.36. The van der Waals surface area contributed by atoms with Crippen LogP contribution in [0.15, 0.2) is 36.4 Å². The Bertz CT molecular complexity index is 963. The number of carbonyl (C=O) groups excluding carboxylic acids is 2. The number of nitrogens with one attached hydrogen (secondary N) is 1. The number of hydrogen-bond acceptors (Lipinski definition) is 6. The van der Waals surface area contributed by atoms with Crippen molar-refractivity contribution in [1.29, 1.82) is 0 Å². The first-order chi connectivity index (χ1) is 16.3. The molecule has 1 aliphatic heterocycles. The fraction of sp³-hybridized carbons (Fsp3) is 0.520. The molecule has 0 radical (unpaired) electrons. The summed E-state index contributed by atoms with van der Waals surface area (Å²) in [5.41, 5.74) is 1.73. The molecule has 0 aliphatic carbocycles. The average Bonchev–Trinajstić information content (AvgIpc) is 3.08. The number of amides is 3. The van der Waals surface area contributed by atoms with E-state index in [9.17, 15) is 9.59 Å². The second-order valence-corrected chi connectivity index (χ2v) is 9.06. The van der Waals surface area contributed by atoms with Crippen LogP contribution in [0.3, 0.4) is 0 Å². The predicted octanol–water partition coefficient (Wildman–Crippen LogP) is 3.02. The van der Waals surface area contributed by atoms with E-state index < -0.39 is 0 Å². The van der Waals surface area contributed by atoms with E-state index in [-0.39, 0.29) is 30.6 Å². The van der Waals surface area contributed by atoms with Gasteiger partial charge in [0.1, 0.15) is 12.3 Å². The van der Waals surface area contributed by atoms with Crippen molar-refractivity contribution >= 4 is 17.8 Å². The van der Waals surface area contributed by atoms with Crippen molar-refractivity contribution in [3.63, 3.8) is 0 Å². The quantitative estimate of drug-likeness (QED) is 0.672. The molecular weight excluding hydrogens is 432 g/mol. The number of hydrogen-bond donors (Lipinski definition) is 1. The summed E-state index contributed by atoms with van der Waals surface area (Å²) in [6.45, 7) is 10.4. The van der Waals surface area contributed by atoms with E-state index in [4.69, 9.17) is 4.74 Å². The minimum atomic E-state index is -0.207. The van der Waals surface area contributed by atoms with Crippen LogP contribution in [0.1, 0.15) is 34.1 Å². The number of anilines is 1. The van der Waals surface area contributed by atoms with Crippen LogP contribution in [0.2, 0.25) is 0 Å². The van der Waals surface area contributed by atoms with Crippen molar-refractivity contribution in [2.24, 2.45) is 0 Å². The molecule has 9 nitrogen and oxygen atoms in total. The first-order valence-corrected chi connectivity index (χ1v) is 11.9. The molecular formula is C25H36N6O3. The summed E-state index contributed by atoms with van der Waals surface area (Å²) in [5.74, 6) is 1.54. The summed E-state index contributed by atoms with van der Waals surface area (Å²) in [6, 6.07) is 11.4. The average molecular weight is 469 g/mol. The third-order valence-electron chi connectivity index (χ3n) is 5.79. The molecule has 1 fully saturated rings. The van der Waals surface area contributed by atoms with Crippen LogP contribution in [0.4, 0.5) is 10.6 Å². The van der Waals surface area contributed by atoms with Crippen LogP contribution in [0.5, 0.6) is 5.75 Å². The summed E-state index contributed by atoms with van der Waals surface area (Å²) in [7, 11) is 1.64. The van der Waals surface area contributed by atoms with Crippen molar-refractivity contribution in [3.8, 4) is 17.0 Å². The van der Waals surface area contributed by atoms with Gasteiger partial charge in [-0.2, -0.15) is 0 Å². The molecule has 0 bridgehead atoms. The minimum Gasteiger partial charge on any atom is -0.497 e. The van der Waals surface area contributed by atoms with E-state index in [0.29, 0.717) is 19.6 Å². The highest BCUT2D eigenvalue weighted by Gasteiger charge is 2.25. The van der Waals surface area contributed by atoms with E-state index in [1.54, 1.807) is 12.0 Å². The van der Waals surface area contributed by atoms with Gasteiger partial charge < -0.3 is 24.8 Å². The van der Waals surface area contributed by atoms with Crippen molar-refractivity contribution < 1.29 is 14.3 Å². The van der Waals surface area contributed by atoms with Gasteiger partial charge in [0.05, 0.1) is 12.8 Å². The van der Waals surface area contributed by atoms with E-state index in [1.807, 2.05) is 69.0 Å². The van der Waals surface area contributed by atoms with Gasteiger partial charge in [0.15, 0.2) is 5.82 Å². The van der Waals surface area contributed by atoms with Gasteiger partial charge in [0.25, 0.3) is 0 Å². The predicted molar refractivity (Wildman–Crippen MR) is 133 cm³/mol. The smallest absolute Gasteiger partial charge is 0.318 e. The van der Waals surface area contributed by atoms with Gasteiger partial charge in [-0.1, -0.05) is 12.1 Å². The SMILES string of the molecule is COc1cccc(-c2ccc(N3CCCN(C(=O)CN(C(=O)NC(C)C)C(C)C)CC3)nn2)c1. The zero-order valence-electron chi connectivity index (χ0n) is 20.8. The Labute approximate surface area is 202 Å². The summed E-state index contributed by atoms with van der Waals surface area (Å²) in [6.07, 6.45) is 0.824. The molecule has 9 heteroatoms. The lowest BCUT2D eigenvalue weighted by molar-refractivity contribution is -0.131. The molecule has 2 aromatic rings. The van der Waals surface area contributed by atoms with E-state index in [0.717, 1.165) is 35.8 Å². The molecule has 1 saturated heterocycles. The van der Waals surface area contributed by atoms with Crippen molar-refractivity contribution in [2.45, 2.75) is 46.2 Å². The monoisotopic (exact) mass is 468 g/mol. The van der Waals surface area contributed by atoms with E-state index in [1.165, 1.54) is 0 Å². The van der Waals surface area contributed by atoms with Gasteiger partial charge in [-0.25, -0.2) is 4.79 Å². The molecule has 2 heterocycles. The molecule has 1 N–H and O–H groups in total. The molecule has 1 aromatic carbocycles. The number of methoxy groups -OCH3 is 1. The van der Waals surface area contributed by atoms with Crippen LogP contribution in [0.25, 0.3) is 11.3 Å². The third-order valence-corrected chi connectivity index (χ3v) is 5.79. The fourth-order valence-corrected chi connectivity index (χ4v) is 3.89. The Balaban J connectivity index is 1.61. The van der Waals surface area contributed by atoms with E-state index >= 15 is 0 Å². The van der Waals surface area contributed by atoms with Gasteiger partial charge >= 0.3 is 6.03 Å². The number of aromatic nitrogens is 2. The second kappa shape index (κ2) is 11.7. The molecule has 1 aliphatic rings. The lowest BCUT2D eigenvalue weighted by Crippen LogP contribution is -2.51. The van der Waals surface area contributed by atoms with Gasteiger partial charge in [-0.3, -0.25) is 4.79 Å². The normalized spacial score (nSPS) is 14.2. The zero-order chi connectivity index (χ0) is 24.7. The second-order valence-electron chi connectivity index (χ2n) is 9.06.